The second kappa shape index (κ2) is 9.94. The van der Waals surface area contributed by atoms with E-state index >= 15 is 0 Å². The van der Waals surface area contributed by atoms with Crippen molar-refractivity contribution in [3.63, 3.8) is 0 Å². The first-order chi connectivity index (χ1) is 19.6. The van der Waals surface area contributed by atoms with E-state index in [9.17, 15) is 23.9 Å². The second-order valence-corrected chi connectivity index (χ2v) is 10.5. The van der Waals surface area contributed by atoms with Crippen molar-refractivity contribution in [1.82, 2.24) is 40.1 Å². The van der Waals surface area contributed by atoms with Crippen molar-refractivity contribution in [2.45, 2.75) is 58.2 Å². The summed E-state index contributed by atoms with van der Waals surface area (Å²) in [7, 11) is 0. The van der Waals surface area contributed by atoms with Gasteiger partial charge in [0.1, 0.15) is 29.6 Å². The summed E-state index contributed by atoms with van der Waals surface area (Å²) in [4.78, 5) is 48.4. The number of carbonyl (C=O) groups excluding carboxylic acids is 2. The number of amides is 2. The lowest BCUT2D eigenvalue weighted by Crippen LogP contribution is -2.50. The Bertz CT molecular complexity index is 1730. The number of nitrogens with zero attached hydrogens (tertiary/aromatic N) is 6. The van der Waals surface area contributed by atoms with Gasteiger partial charge in [0.15, 0.2) is 11.4 Å². The average Bonchev–Trinajstić information content (AvgIpc) is 3.52. The van der Waals surface area contributed by atoms with Crippen LogP contribution in [0.4, 0.5) is 4.39 Å². The standard InChI is InChI=1S/C27H27FN8O5/c1-14-9-19(34-41-14)23(38)33-27-7-5-16(6-8-27)12-35-25(40)22(37)21(32-26(27)35)24(39)29-11-17-3-4-18(28)10-20(17)36-15(2)30-13-31-36/h3-4,9-10,13,16,37H,5-8,11-12H2,1-2H3,(H,29,39)(H,33,38). The van der Waals surface area contributed by atoms with Crippen LogP contribution >= 0.6 is 0 Å². The highest BCUT2D eigenvalue weighted by Crippen LogP contribution is 2.43. The molecule has 1 aliphatic carbocycles. The van der Waals surface area contributed by atoms with Crippen molar-refractivity contribution in [2.24, 2.45) is 5.92 Å². The van der Waals surface area contributed by atoms with E-state index in [0.29, 0.717) is 42.2 Å². The Labute approximate surface area is 232 Å². The zero-order chi connectivity index (χ0) is 28.9. The zero-order valence-electron chi connectivity index (χ0n) is 22.3. The predicted molar refractivity (Wildman–Crippen MR) is 140 cm³/mol. The molecular formula is C27H27FN8O5. The Hall–Kier alpha value is -4.88. The summed E-state index contributed by atoms with van der Waals surface area (Å²) < 4.78 is 21.9. The SMILES string of the molecule is Cc1cc(C(=O)NC23CCC(CC2)Cn2c3nc(C(=O)NCc3ccc(F)cc3-n3ncnc3C)c(O)c2=O)no1. The molecule has 3 N–H and O–H groups in total. The molecule has 0 saturated heterocycles. The van der Waals surface area contributed by atoms with Gasteiger partial charge in [0.25, 0.3) is 17.4 Å². The van der Waals surface area contributed by atoms with Crippen molar-refractivity contribution < 1.29 is 23.6 Å². The van der Waals surface area contributed by atoms with Crippen LogP contribution < -0.4 is 16.2 Å². The lowest BCUT2D eigenvalue weighted by molar-refractivity contribution is 0.0840. The summed E-state index contributed by atoms with van der Waals surface area (Å²) in [5.74, 6) is -1.22. The Morgan fingerprint density at radius 2 is 1.98 bits per heavy atom. The third-order valence-corrected chi connectivity index (χ3v) is 7.83. The minimum absolute atomic E-state index is 0.0806. The van der Waals surface area contributed by atoms with Crippen LogP contribution in [0.2, 0.25) is 0 Å². The Balaban J connectivity index is 1.34. The first-order valence-electron chi connectivity index (χ1n) is 13.2. The Kier molecular flexibility index (Phi) is 6.39. The van der Waals surface area contributed by atoms with Gasteiger partial charge in [-0.15, -0.1) is 0 Å². The number of halogens is 1. The fraction of sp³-hybridized carbons (Fsp3) is 0.370. The third kappa shape index (κ3) is 4.64. The molecule has 0 unspecified atom stereocenters. The van der Waals surface area contributed by atoms with Crippen molar-refractivity contribution in [2.75, 3.05) is 0 Å². The van der Waals surface area contributed by atoms with Crippen molar-refractivity contribution >= 4 is 11.8 Å². The van der Waals surface area contributed by atoms with Crippen LogP contribution in [-0.4, -0.2) is 46.4 Å². The van der Waals surface area contributed by atoms with E-state index in [1.54, 1.807) is 13.8 Å². The number of benzene rings is 1. The number of carbonyl (C=O) groups is 2. The molecule has 41 heavy (non-hydrogen) atoms. The molecular weight excluding hydrogens is 535 g/mol. The topological polar surface area (TPSA) is 170 Å². The molecule has 14 heteroatoms. The number of aromatic hydroxyl groups is 1. The summed E-state index contributed by atoms with van der Waals surface area (Å²) in [6, 6.07) is 5.53. The Morgan fingerprint density at radius 3 is 2.66 bits per heavy atom. The van der Waals surface area contributed by atoms with Gasteiger partial charge in [-0.05, 0) is 63.1 Å². The number of rotatable bonds is 6. The Morgan fingerprint density at radius 1 is 1.20 bits per heavy atom. The van der Waals surface area contributed by atoms with Gasteiger partial charge >= 0.3 is 0 Å². The van der Waals surface area contributed by atoms with E-state index in [4.69, 9.17) is 4.52 Å². The molecule has 2 aliphatic heterocycles. The summed E-state index contributed by atoms with van der Waals surface area (Å²) in [5, 5.41) is 24.4. The van der Waals surface area contributed by atoms with Gasteiger partial charge in [-0.25, -0.2) is 19.0 Å². The maximum Gasteiger partial charge on any atom is 0.296 e. The molecule has 1 aromatic carbocycles. The molecule has 5 heterocycles. The van der Waals surface area contributed by atoms with Crippen molar-refractivity contribution in [3.8, 4) is 11.4 Å². The molecule has 4 aromatic rings. The van der Waals surface area contributed by atoms with Crippen LogP contribution in [0.25, 0.3) is 5.69 Å². The van der Waals surface area contributed by atoms with Crippen LogP contribution in [0.15, 0.2) is 39.9 Å². The highest BCUT2D eigenvalue weighted by molar-refractivity contribution is 5.95. The van der Waals surface area contributed by atoms with Crippen LogP contribution in [0.5, 0.6) is 5.75 Å². The summed E-state index contributed by atoms with van der Waals surface area (Å²) >= 11 is 0. The van der Waals surface area contributed by atoms with E-state index in [-0.39, 0.29) is 24.0 Å². The summed E-state index contributed by atoms with van der Waals surface area (Å²) in [5.41, 5.74) is -1.28. The van der Waals surface area contributed by atoms with Crippen molar-refractivity contribution in [1.29, 1.82) is 0 Å². The van der Waals surface area contributed by atoms with E-state index in [0.717, 1.165) is 12.8 Å². The van der Waals surface area contributed by atoms with Gasteiger partial charge in [-0.3, -0.25) is 19.0 Å². The normalized spacial score (nSPS) is 19.4. The second-order valence-electron chi connectivity index (χ2n) is 10.5. The molecule has 0 spiro atoms. The summed E-state index contributed by atoms with van der Waals surface area (Å²) in [6.45, 7) is 3.61. The quantitative estimate of drug-likeness (QED) is 0.318. The van der Waals surface area contributed by atoms with Crippen LogP contribution in [-0.2, 0) is 18.6 Å². The van der Waals surface area contributed by atoms with Gasteiger partial charge in [-0.1, -0.05) is 11.2 Å². The molecule has 7 rings (SSSR count). The molecule has 0 atom stereocenters. The summed E-state index contributed by atoms with van der Waals surface area (Å²) in [6.07, 6.45) is 3.76. The van der Waals surface area contributed by atoms with Gasteiger partial charge in [-0.2, -0.15) is 5.10 Å². The average molecular weight is 563 g/mol. The molecule has 13 nitrogen and oxygen atoms in total. The van der Waals surface area contributed by atoms with Crippen LogP contribution in [0, 0.1) is 25.6 Å². The van der Waals surface area contributed by atoms with Gasteiger partial charge in [0.05, 0.1) is 11.2 Å². The smallest absolute Gasteiger partial charge is 0.296 e. The molecule has 1 saturated carbocycles. The van der Waals surface area contributed by atoms with Crippen molar-refractivity contribution in [3.05, 3.63) is 81.1 Å². The fourth-order valence-corrected chi connectivity index (χ4v) is 5.69. The maximum atomic E-state index is 14.1. The molecule has 3 aromatic heterocycles. The van der Waals surface area contributed by atoms with Gasteiger partial charge < -0.3 is 20.3 Å². The molecule has 212 valence electrons. The number of aryl methyl sites for hydroxylation is 2. The number of hydrogen-bond donors (Lipinski definition) is 3. The van der Waals surface area contributed by atoms with E-state index in [2.05, 4.69) is 30.9 Å². The number of nitrogens with one attached hydrogen (secondary N) is 2. The lowest BCUT2D eigenvalue weighted by Gasteiger charge is -2.36. The minimum atomic E-state index is -1.05. The minimum Gasteiger partial charge on any atom is -0.501 e. The van der Waals surface area contributed by atoms with E-state index in [1.165, 1.54) is 39.8 Å². The van der Waals surface area contributed by atoms with Gasteiger partial charge in [0, 0.05) is 19.2 Å². The lowest BCUT2D eigenvalue weighted by atomic mass is 9.77. The van der Waals surface area contributed by atoms with E-state index < -0.39 is 40.2 Å². The van der Waals surface area contributed by atoms with Crippen LogP contribution in [0.3, 0.4) is 0 Å². The highest BCUT2D eigenvalue weighted by atomic mass is 19.1. The molecule has 3 aliphatic rings. The van der Waals surface area contributed by atoms with Crippen LogP contribution in [0.1, 0.15) is 69.6 Å². The van der Waals surface area contributed by atoms with E-state index in [1.807, 2.05) is 0 Å². The first-order valence-corrected chi connectivity index (χ1v) is 13.2. The fourth-order valence-electron chi connectivity index (χ4n) is 5.69. The zero-order valence-corrected chi connectivity index (χ0v) is 22.3. The largest absolute Gasteiger partial charge is 0.501 e. The molecule has 2 bridgehead atoms. The number of aromatic nitrogens is 6. The maximum absolute atomic E-state index is 14.1. The predicted octanol–water partition coefficient (Wildman–Crippen LogP) is 2.03. The molecule has 2 amide bonds. The monoisotopic (exact) mass is 562 g/mol. The number of fused-ring (bicyclic) bond motifs is 2. The van der Waals surface area contributed by atoms with Gasteiger partial charge in [0.2, 0.25) is 5.75 Å². The third-order valence-electron chi connectivity index (χ3n) is 7.83. The highest BCUT2D eigenvalue weighted by Gasteiger charge is 2.46. The first kappa shape index (κ1) is 26.3. The molecule has 1 fully saturated rings. The number of hydrogen-bond acceptors (Lipinski definition) is 9. The molecule has 0 radical (unpaired) electrons.